The van der Waals surface area contributed by atoms with E-state index in [1.54, 1.807) is 0 Å². The summed E-state index contributed by atoms with van der Waals surface area (Å²) in [6.07, 6.45) is 20.4. The Hall–Kier alpha value is -0.460. The molecule has 0 unspecified atom stereocenters. The normalized spacial score (nSPS) is 24.7. The molecule has 0 amide bonds. The van der Waals surface area contributed by atoms with Crippen molar-refractivity contribution in [3.8, 4) is 0 Å². The fourth-order valence-corrected chi connectivity index (χ4v) is 3.84. The Kier molecular flexibility index (Phi) is 17.7. The highest BCUT2D eigenvalue weighted by Crippen LogP contribution is 2.16. The molecule has 0 aromatic carbocycles. The lowest BCUT2D eigenvalue weighted by Crippen LogP contribution is -2.54. The molecule has 4 atom stereocenters. The van der Waals surface area contributed by atoms with E-state index in [1.165, 1.54) is 77.0 Å². The highest BCUT2D eigenvalue weighted by Gasteiger charge is 2.37. The van der Waals surface area contributed by atoms with Gasteiger partial charge in [-0.3, -0.25) is 0 Å². The average molecular weight is 429 g/mol. The highest BCUT2D eigenvalue weighted by molar-refractivity contribution is 4.86. The summed E-state index contributed by atoms with van der Waals surface area (Å²) in [5.74, 6) is 0. The summed E-state index contributed by atoms with van der Waals surface area (Å²) in [5, 5.41) is 28.9. The van der Waals surface area contributed by atoms with E-state index in [0.29, 0.717) is 6.61 Å². The smallest absolute Gasteiger partial charge is 0.111 e. The van der Waals surface area contributed by atoms with Gasteiger partial charge in [-0.1, -0.05) is 83.3 Å². The summed E-state index contributed by atoms with van der Waals surface area (Å²) in [6.45, 7) is 3.18. The molecule has 5 heteroatoms. The second-order valence-corrected chi connectivity index (χ2v) is 8.79. The number of rotatable bonds is 19. The van der Waals surface area contributed by atoms with E-state index in [1.807, 2.05) is 0 Å². The van der Waals surface area contributed by atoms with Crippen LogP contribution in [0.3, 0.4) is 0 Å². The SMILES string of the molecule is CCCCCCCCCCCCC/C=C/CCCCOC[C@H]1OC[C@H](O)[C@@H](O)[C@@H]1O. The summed E-state index contributed by atoms with van der Waals surface area (Å²) < 4.78 is 10.9. The molecule has 1 saturated heterocycles. The molecule has 1 heterocycles. The number of hydrogen-bond donors (Lipinski definition) is 3. The van der Waals surface area contributed by atoms with E-state index >= 15 is 0 Å². The summed E-state index contributed by atoms with van der Waals surface area (Å²) >= 11 is 0. The van der Waals surface area contributed by atoms with Gasteiger partial charge in [-0.15, -0.1) is 0 Å². The quantitative estimate of drug-likeness (QED) is 0.201. The third-order valence-corrected chi connectivity index (χ3v) is 5.94. The highest BCUT2D eigenvalue weighted by atomic mass is 16.6. The van der Waals surface area contributed by atoms with Crippen LogP contribution in [0.2, 0.25) is 0 Å². The number of ether oxygens (including phenoxy) is 2. The van der Waals surface area contributed by atoms with Gasteiger partial charge >= 0.3 is 0 Å². The molecular formula is C25H48O5. The molecule has 1 aliphatic heterocycles. The van der Waals surface area contributed by atoms with Crippen LogP contribution in [0.25, 0.3) is 0 Å². The molecule has 5 nitrogen and oxygen atoms in total. The Labute approximate surface area is 184 Å². The first-order valence-electron chi connectivity index (χ1n) is 12.5. The third kappa shape index (κ3) is 13.8. The van der Waals surface area contributed by atoms with Crippen LogP contribution < -0.4 is 0 Å². The molecule has 1 rings (SSSR count). The van der Waals surface area contributed by atoms with Crippen molar-refractivity contribution in [2.75, 3.05) is 19.8 Å². The fourth-order valence-electron chi connectivity index (χ4n) is 3.84. The van der Waals surface area contributed by atoms with Crippen molar-refractivity contribution in [3.05, 3.63) is 12.2 Å². The summed E-state index contributed by atoms with van der Waals surface area (Å²) in [4.78, 5) is 0. The van der Waals surface area contributed by atoms with Crippen molar-refractivity contribution >= 4 is 0 Å². The van der Waals surface area contributed by atoms with Crippen LogP contribution in [0.4, 0.5) is 0 Å². The Balaban J connectivity index is 1.79. The van der Waals surface area contributed by atoms with E-state index in [9.17, 15) is 15.3 Å². The number of hydrogen-bond acceptors (Lipinski definition) is 5. The van der Waals surface area contributed by atoms with E-state index < -0.39 is 24.4 Å². The summed E-state index contributed by atoms with van der Waals surface area (Å²) in [6, 6.07) is 0. The second kappa shape index (κ2) is 19.2. The molecular weight excluding hydrogens is 380 g/mol. The van der Waals surface area contributed by atoms with Gasteiger partial charge in [0.1, 0.15) is 24.4 Å². The molecule has 0 radical (unpaired) electrons. The number of aliphatic hydroxyl groups excluding tert-OH is 3. The molecule has 3 N–H and O–H groups in total. The lowest BCUT2D eigenvalue weighted by Gasteiger charge is -2.35. The number of allylic oxidation sites excluding steroid dienone is 2. The van der Waals surface area contributed by atoms with Gasteiger partial charge in [-0.05, 0) is 32.1 Å². The predicted molar refractivity (Wildman–Crippen MR) is 123 cm³/mol. The van der Waals surface area contributed by atoms with E-state index in [-0.39, 0.29) is 13.2 Å². The van der Waals surface area contributed by atoms with Crippen molar-refractivity contribution in [3.63, 3.8) is 0 Å². The van der Waals surface area contributed by atoms with Crippen LogP contribution in [0.15, 0.2) is 12.2 Å². The van der Waals surface area contributed by atoms with Crippen molar-refractivity contribution in [1.82, 2.24) is 0 Å². The maximum absolute atomic E-state index is 9.84. The van der Waals surface area contributed by atoms with Crippen LogP contribution in [-0.4, -0.2) is 59.6 Å². The van der Waals surface area contributed by atoms with Crippen LogP contribution in [0.5, 0.6) is 0 Å². The van der Waals surface area contributed by atoms with Gasteiger partial charge in [0.15, 0.2) is 0 Å². The first-order valence-corrected chi connectivity index (χ1v) is 12.5. The fraction of sp³-hybridized carbons (Fsp3) is 0.920. The predicted octanol–water partition coefficient (Wildman–Crippen LogP) is 4.91. The molecule has 0 saturated carbocycles. The second-order valence-electron chi connectivity index (χ2n) is 8.79. The number of aliphatic hydroxyl groups is 3. The zero-order valence-electron chi connectivity index (χ0n) is 19.4. The van der Waals surface area contributed by atoms with Gasteiger partial charge in [-0.25, -0.2) is 0 Å². The maximum Gasteiger partial charge on any atom is 0.111 e. The van der Waals surface area contributed by atoms with Gasteiger partial charge in [0.2, 0.25) is 0 Å². The Morgan fingerprint density at radius 2 is 1.27 bits per heavy atom. The molecule has 178 valence electrons. The van der Waals surface area contributed by atoms with E-state index in [0.717, 1.165) is 19.3 Å². The largest absolute Gasteiger partial charge is 0.388 e. The van der Waals surface area contributed by atoms with Gasteiger partial charge in [-0.2, -0.15) is 0 Å². The van der Waals surface area contributed by atoms with Crippen molar-refractivity contribution in [1.29, 1.82) is 0 Å². The zero-order chi connectivity index (χ0) is 21.9. The van der Waals surface area contributed by atoms with Gasteiger partial charge in [0.05, 0.1) is 13.2 Å². The molecule has 0 aliphatic carbocycles. The van der Waals surface area contributed by atoms with Gasteiger partial charge in [0.25, 0.3) is 0 Å². The molecule has 0 aromatic rings. The average Bonchev–Trinajstić information content (AvgIpc) is 2.75. The topological polar surface area (TPSA) is 79.2 Å². The number of unbranched alkanes of at least 4 members (excludes halogenated alkanes) is 13. The maximum atomic E-state index is 9.84. The zero-order valence-corrected chi connectivity index (χ0v) is 19.4. The van der Waals surface area contributed by atoms with E-state index in [4.69, 9.17) is 9.47 Å². The minimum atomic E-state index is -1.15. The van der Waals surface area contributed by atoms with Crippen LogP contribution in [-0.2, 0) is 9.47 Å². The minimum absolute atomic E-state index is 0.0379. The Bertz CT molecular complexity index is 401. The molecule has 1 fully saturated rings. The third-order valence-electron chi connectivity index (χ3n) is 5.94. The summed E-state index contributed by atoms with van der Waals surface area (Å²) in [7, 11) is 0. The van der Waals surface area contributed by atoms with Crippen molar-refractivity contribution in [2.24, 2.45) is 0 Å². The first-order chi connectivity index (χ1) is 14.7. The minimum Gasteiger partial charge on any atom is -0.388 e. The lowest BCUT2D eigenvalue weighted by molar-refractivity contribution is -0.199. The molecule has 0 bridgehead atoms. The monoisotopic (exact) mass is 428 g/mol. The molecule has 0 spiro atoms. The standard InChI is InChI=1S/C25H48O5/c1-2-3-4-5-6-7-8-9-10-11-12-13-14-15-16-17-18-19-29-21-23-25(28)24(27)22(26)20-30-23/h14-15,22-28H,2-13,16-21H2,1H3/b15-14+/t22-,23+,24+,25+/m0/s1. The summed E-state index contributed by atoms with van der Waals surface area (Å²) in [5.41, 5.74) is 0. The Morgan fingerprint density at radius 3 is 1.87 bits per heavy atom. The lowest BCUT2D eigenvalue weighted by atomic mass is 10.0. The van der Waals surface area contributed by atoms with E-state index in [2.05, 4.69) is 19.1 Å². The van der Waals surface area contributed by atoms with Crippen LogP contribution in [0.1, 0.15) is 103 Å². The first kappa shape index (κ1) is 27.6. The van der Waals surface area contributed by atoms with Gasteiger partial charge < -0.3 is 24.8 Å². The van der Waals surface area contributed by atoms with Crippen molar-refractivity contribution < 1.29 is 24.8 Å². The van der Waals surface area contributed by atoms with Crippen LogP contribution >= 0.6 is 0 Å². The molecule has 1 aliphatic rings. The van der Waals surface area contributed by atoms with Crippen LogP contribution in [0, 0.1) is 0 Å². The van der Waals surface area contributed by atoms with Crippen molar-refractivity contribution in [2.45, 2.75) is 128 Å². The molecule has 30 heavy (non-hydrogen) atoms. The Morgan fingerprint density at radius 1 is 0.733 bits per heavy atom. The molecule has 0 aromatic heterocycles. The van der Waals surface area contributed by atoms with Gasteiger partial charge in [0, 0.05) is 6.61 Å².